The van der Waals surface area contributed by atoms with Gasteiger partial charge < -0.3 is 4.79 Å². The molecule has 1 rings (SSSR count). The largest absolute Gasteiger partial charge is 0.416 e. The Morgan fingerprint density at radius 1 is 1.20 bits per heavy atom. The van der Waals surface area contributed by atoms with E-state index in [1.165, 1.54) is 12.1 Å². The highest BCUT2D eigenvalue weighted by Crippen LogP contribution is 2.29. The van der Waals surface area contributed by atoms with Gasteiger partial charge >= 0.3 is 6.18 Å². The summed E-state index contributed by atoms with van der Waals surface area (Å²) in [7, 11) is 0. The number of carbonyl (C=O) groups excluding carboxylic acids is 1. The zero-order chi connectivity index (χ0) is 9.90. The first-order valence-corrected chi connectivity index (χ1v) is 3.64. The SMILES string of the molecule is Cl.Cl.O=CCc1cccc(C(F)(F)F)c1. The highest BCUT2D eigenvalue weighted by molar-refractivity contribution is 5.85. The third-order valence-corrected chi connectivity index (χ3v) is 1.57. The van der Waals surface area contributed by atoms with Gasteiger partial charge in [0, 0.05) is 6.42 Å². The van der Waals surface area contributed by atoms with Crippen LogP contribution in [0.4, 0.5) is 13.2 Å². The lowest BCUT2D eigenvalue weighted by atomic mass is 10.1. The van der Waals surface area contributed by atoms with E-state index in [-0.39, 0.29) is 31.2 Å². The fourth-order valence-corrected chi connectivity index (χ4v) is 0.971. The lowest BCUT2D eigenvalue weighted by Gasteiger charge is -2.06. The van der Waals surface area contributed by atoms with E-state index in [2.05, 4.69) is 0 Å². The monoisotopic (exact) mass is 260 g/mol. The van der Waals surface area contributed by atoms with E-state index in [1.54, 1.807) is 0 Å². The maximum atomic E-state index is 12.1. The molecule has 0 amide bonds. The second-order valence-electron chi connectivity index (χ2n) is 2.57. The minimum absolute atomic E-state index is 0. The van der Waals surface area contributed by atoms with Crippen molar-refractivity contribution in [2.24, 2.45) is 0 Å². The number of hydrogen-bond donors (Lipinski definition) is 0. The molecule has 0 bridgehead atoms. The first kappa shape index (κ1) is 16.7. The molecule has 0 atom stereocenters. The Morgan fingerprint density at radius 3 is 2.27 bits per heavy atom. The summed E-state index contributed by atoms with van der Waals surface area (Å²) < 4.78 is 36.4. The molecule has 6 heteroatoms. The van der Waals surface area contributed by atoms with E-state index in [0.29, 0.717) is 11.8 Å². The number of rotatable bonds is 2. The van der Waals surface area contributed by atoms with Gasteiger partial charge in [0.25, 0.3) is 0 Å². The van der Waals surface area contributed by atoms with Gasteiger partial charge in [0.2, 0.25) is 0 Å². The summed E-state index contributed by atoms with van der Waals surface area (Å²) in [5, 5.41) is 0. The Hall–Kier alpha value is -0.740. The Kier molecular flexibility index (Phi) is 7.44. The van der Waals surface area contributed by atoms with Gasteiger partial charge in [-0.1, -0.05) is 18.2 Å². The fourth-order valence-electron chi connectivity index (χ4n) is 0.971. The number of alkyl halides is 3. The van der Waals surface area contributed by atoms with E-state index in [4.69, 9.17) is 0 Å². The summed E-state index contributed by atoms with van der Waals surface area (Å²) in [6.45, 7) is 0. The number of hydrogen-bond acceptors (Lipinski definition) is 1. The molecule has 15 heavy (non-hydrogen) atoms. The molecule has 0 saturated heterocycles. The Morgan fingerprint density at radius 2 is 1.80 bits per heavy atom. The van der Waals surface area contributed by atoms with E-state index in [9.17, 15) is 18.0 Å². The topological polar surface area (TPSA) is 17.1 Å². The second kappa shape index (κ2) is 6.69. The van der Waals surface area contributed by atoms with Crippen LogP contribution in [0, 0.1) is 0 Å². The molecule has 0 heterocycles. The zero-order valence-corrected chi connectivity index (χ0v) is 9.09. The number of halogens is 5. The van der Waals surface area contributed by atoms with Crippen LogP contribution in [0.2, 0.25) is 0 Å². The molecule has 0 aromatic heterocycles. The maximum Gasteiger partial charge on any atom is 0.416 e. The normalized spacial score (nSPS) is 9.80. The first-order chi connectivity index (χ1) is 6.04. The van der Waals surface area contributed by atoms with Crippen LogP contribution in [0.15, 0.2) is 24.3 Å². The van der Waals surface area contributed by atoms with E-state index >= 15 is 0 Å². The van der Waals surface area contributed by atoms with Crippen LogP contribution in [0.1, 0.15) is 11.1 Å². The molecule has 0 aliphatic rings. The first-order valence-electron chi connectivity index (χ1n) is 3.64. The van der Waals surface area contributed by atoms with Crippen LogP contribution in [0.5, 0.6) is 0 Å². The molecular weight excluding hydrogens is 252 g/mol. The summed E-state index contributed by atoms with van der Waals surface area (Å²) >= 11 is 0. The predicted octanol–water partition coefficient (Wildman–Crippen LogP) is 3.29. The third kappa shape index (κ3) is 5.04. The van der Waals surface area contributed by atoms with Gasteiger partial charge in [0.15, 0.2) is 0 Å². The van der Waals surface area contributed by atoms with Gasteiger partial charge in [-0.2, -0.15) is 13.2 Å². The summed E-state index contributed by atoms with van der Waals surface area (Å²) in [5.41, 5.74) is -0.336. The Bertz CT molecular complexity index is 312. The molecule has 0 N–H and O–H groups in total. The highest BCUT2D eigenvalue weighted by Gasteiger charge is 2.30. The maximum absolute atomic E-state index is 12.1. The van der Waals surface area contributed by atoms with Gasteiger partial charge in [-0.25, -0.2) is 0 Å². The van der Waals surface area contributed by atoms with Crippen molar-refractivity contribution in [2.45, 2.75) is 12.6 Å². The average molecular weight is 261 g/mol. The van der Waals surface area contributed by atoms with Crippen molar-refractivity contribution in [3.8, 4) is 0 Å². The molecule has 0 aliphatic carbocycles. The number of benzene rings is 1. The van der Waals surface area contributed by atoms with Crippen LogP contribution in [0.25, 0.3) is 0 Å². The van der Waals surface area contributed by atoms with Crippen molar-refractivity contribution in [2.75, 3.05) is 0 Å². The standard InChI is InChI=1S/C9H7F3O.2ClH/c10-9(11,12)8-3-1-2-7(6-8)4-5-13;;/h1-3,5-6H,4H2;2*1H. The van der Waals surface area contributed by atoms with Crippen LogP contribution < -0.4 is 0 Å². The molecule has 0 radical (unpaired) electrons. The average Bonchev–Trinajstić information content (AvgIpc) is 2.04. The zero-order valence-electron chi connectivity index (χ0n) is 7.45. The third-order valence-electron chi connectivity index (χ3n) is 1.57. The van der Waals surface area contributed by atoms with Crippen LogP contribution in [-0.2, 0) is 17.4 Å². The number of aldehydes is 1. The number of carbonyl (C=O) groups is 1. The molecule has 0 saturated carbocycles. The second-order valence-corrected chi connectivity index (χ2v) is 2.57. The highest BCUT2D eigenvalue weighted by atomic mass is 35.5. The lowest BCUT2D eigenvalue weighted by molar-refractivity contribution is -0.137. The van der Waals surface area contributed by atoms with Gasteiger partial charge in [-0.3, -0.25) is 0 Å². The minimum atomic E-state index is -4.33. The predicted molar refractivity (Wildman–Crippen MR) is 55.7 cm³/mol. The van der Waals surface area contributed by atoms with Crippen molar-refractivity contribution >= 4 is 31.1 Å². The molecule has 0 spiro atoms. The summed E-state index contributed by atoms with van der Waals surface area (Å²) in [6.07, 6.45) is -3.74. The van der Waals surface area contributed by atoms with Crippen LogP contribution in [0.3, 0.4) is 0 Å². The molecule has 0 fully saturated rings. The quantitative estimate of drug-likeness (QED) is 0.746. The molecular formula is C9H9Cl2F3O. The van der Waals surface area contributed by atoms with Gasteiger partial charge in [0.05, 0.1) is 5.56 Å². The van der Waals surface area contributed by atoms with E-state index in [1.807, 2.05) is 0 Å². The van der Waals surface area contributed by atoms with Crippen molar-refractivity contribution in [1.82, 2.24) is 0 Å². The lowest BCUT2D eigenvalue weighted by Crippen LogP contribution is -2.05. The van der Waals surface area contributed by atoms with E-state index < -0.39 is 11.7 Å². The molecule has 0 aliphatic heterocycles. The van der Waals surface area contributed by atoms with Crippen LogP contribution in [-0.4, -0.2) is 6.29 Å². The van der Waals surface area contributed by atoms with Crippen molar-refractivity contribution in [3.05, 3.63) is 35.4 Å². The molecule has 86 valence electrons. The van der Waals surface area contributed by atoms with Crippen molar-refractivity contribution in [3.63, 3.8) is 0 Å². The summed E-state index contributed by atoms with van der Waals surface area (Å²) in [6, 6.07) is 4.74. The Balaban J connectivity index is 0. The summed E-state index contributed by atoms with van der Waals surface area (Å²) in [5.74, 6) is 0. The smallest absolute Gasteiger partial charge is 0.303 e. The molecule has 1 aromatic rings. The minimum Gasteiger partial charge on any atom is -0.303 e. The van der Waals surface area contributed by atoms with E-state index in [0.717, 1.165) is 12.1 Å². The molecule has 1 nitrogen and oxygen atoms in total. The van der Waals surface area contributed by atoms with Crippen molar-refractivity contribution < 1.29 is 18.0 Å². The molecule has 1 aromatic carbocycles. The Labute approximate surface area is 97.5 Å². The summed E-state index contributed by atoms with van der Waals surface area (Å²) in [4.78, 5) is 10.1. The fraction of sp³-hybridized carbons (Fsp3) is 0.222. The van der Waals surface area contributed by atoms with Gasteiger partial charge in [-0.05, 0) is 11.6 Å². The molecule has 0 unspecified atom stereocenters. The van der Waals surface area contributed by atoms with Gasteiger partial charge in [0.1, 0.15) is 6.29 Å². The van der Waals surface area contributed by atoms with Crippen LogP contribution >= 0.6 is 24.8 Å². The van der Waals surface area contributed by atoms with Crippen molar-refractivity contribution in [1.29, 1.82) is 0 Å². The van der Waals surface area contributed by atoms with Gasteiger partial charge in [-0.15, -0.1) is 24.8 Å².